The van der Waals surface area contributed by atoms with Crippen molar-refractivity contribution < 1.29 is 9.16 Å². The molecule has 5 rings (SSSR count). The fourth-order valence-electron chi connectivity index (χ4n) is 4.23. The highest BCUT2D eigenvalue weighted by Crippen LogP contribution is 2.37. The molecule has 1 aromatic carbocycles. The van der Waals surface area contributed by atoms with Gasteiger partial charge in [0.1, 0.15) is 17.1 Å². The zero-order valence-corrected chi connectivity index (χ0v) is 25.8. The van der Waals surface area contributed by atoms with Crippen LogP contribution < -0.4 is 10.5 Å². The Balaban J connectivity index is 1.56. The van der Waals surface area contributed by atoms with Gasteiger partial charge in [0.2, 0.25) is 0 Å². The summed E-state index contributed by atoms with van der Waals surface area (Å²) in [4.78, 5) is 18.9. The van der Waals surface area contributed by atoms with E-state index in [1.165, 1.54) is 0 Å². The van der Waals surface area contributed by atoms with E-state index in [-0.39, 0.29) is 11.1 Å². The Morgan fingerprint density at radius 2 is 1.63 bits per heavy atom. The lowest BCUT2D eigenvalue weighted by Gasteiger charge is -2.36. The van der Waals surface area contributed by atoms with Crippen LogP contribution in [0.5, 0.6) is 5.75 Å². The minimum absolute atomic E-state index is 0.0785. The van der Waals surface area contributed by atoms with Crippen LogP contribution in [0.25, 0.3) is 39.6 Å². The molecule has 9 heteroatoms. The number of fused-ring (bicyclic) bond motifs is 1. The van der Waals surface area contributed by atoms with Crippen LogP contribution in [0.1, 0.15) is 40.2 Å². The van der Waals surface area contributed by atoms with Crippen LogP contribution in [0.15, 0.2) is 73.1 Å². The largest absolute Gasteiger partial charge is 0.489 e. The first-order chi connectivity index (χ1) is 19.4. The summed E-state index contributed by atoms with van der Waals surface area (Å²) in [5.41, 5.74) is 12.0. The molecule has 0 aliphatic rings. The van der Waals surface area contributed by atoms with Gasteiger partial charge >= 0.3 is 0 Å². The van der Waals surface area contributed by atoms with Gasteiger partial charge in [-0.15, -0.1) is 0 Å². The summed E-state index contributed by atoms with van der Waals surface area (Å²) < 4.78 is 14.2. The molecule has 0 aliphatic heterocycles. The first kappa shape index (κ1) is 28.4. The quantitative estimate of drug-likeness (QED) is 0.195. The van der Waals surface area contributed by atoms with Gasteiger partial charge in [0.05, 0.1) is 35.9 Å². The van der Waals surface area contributed by atoms with E-state index < -0.39 is 8.32 Å². The van der Waals surface area contributed by atoms with E-state index in [0.717, 1.165) is 39.5 Å². The van der Waals surface area contributed by atoms with E-state index >= 15 is 0 Å². The van der Waals surface area contributed by atoms with Crippen molar-refractivity contribution in [1.82, 2.24) is 24.5 Å². The maximum Gasteiger partial charge on any atom is 0.192 e. The summed E-state index contributed by atoms with van der Waals surface area (Å²) in [6, 6.07) is 19.9. The molecule has 0 bridgehead atoms. The molecular weight excluding hydrogens is 528 g/mol. The molecule has 0 fully saturated rings. The van der Waals surface area contributed by atoms with Gasteiger partial charge in [-0.25, -0.2) is 15.0 Å². The van der Waals surface area contributed by atoms with Crippen LogP contribution in [-0.2, 0) is 11.0 Å². The average Bonchev–Trinajstić information content (AvgIpc) is 3.30. The predicted molar refractivity (Wildman–Crippen MR) is 167 cm³/mol. The van der Waals surface area contributed by atoms with Gasteiger partial charge in [-0.05, 0) is 86.1 Å². The normalized spacial score (nSPS) is 12.3. The third-order valence-corrected chi connectivity index (χ3v) is 12.0. The summed E-state index contributed by atoms with van der Waals surface area (Å²) in [6.07, 6.45) is 3.48. The van der Waals surface area contributed by atoms with E-state index in [1.54, 1.807) is 12.4 Å². The second-order valence-electron chi connectivity index (χ2n) is 12.0. The molecule has 4 aromatic heterocycles. The van der Waals surface area contributed by atoms with Gasteiger partial charge in [0.15, 0.2) is 19.8 Å². The number of benzene rings is 1. The third-order valence-electron chi connectivity index (χ3n) is 7.55. The highest BCUT2D eigenvalue weighted by molar-refractivity contribution is 6.74. The number of ether oxygens (including phenoxy) is 1. The molecule has 0 atom stereocenters. The fraction of sp³-hybridized carbons (Fsp3) is 0.312. The zero-order chi connectivity index (χ0) is 29.4. The van der Waals surface area contributed by atoms with Crippen LogP contribution in [0.3, 0.4) is 0 Å². The molecule has 0 aliphatic carbocycles. The monoisotopic (exact) mass is 566 g/mol. The molecule has 0 saturated carbocycles. The van der Waals surface area contributed by atoms with Crippen LogP contribution >= 0.6 is 0 Å². The summed E-state index contributed by atoms with van der Waals surface area (Å²) >= 11 is 0. The van der Waals surface area contributed by atoms with E-state index in [4.69, 9.17) is 24.9 Å². The molecule has 8 nitrogen and oxygen atoms in total. The minimum Gasteiger partial charge on any atom is -0.489 e. The van der Waals surface area contributed by atoms with Crippen molar-refractivity contribution in [2.75, 3.05) is 5.73 Å². The van der Waals surface area contributed by atoms with E-state index in [9.17, 15) is 0 Å². The van der Waals surface area contributed by atoms with Crippen molar-refractivity contribution in [2.45, 2.75) is 65.5 Å². The van der Waals surface area contributed by atoms with E-state index in [1.807, 2.05) is 54.8 Å². The van der Waals surface area contributed by atoms with Crippen molar-refractivity contribution in [3.8, 4) is 34.2 Å². The van der Waals surface area contributed by atoms with Gasteiger partial charge in [0.25, 0.3) is 0 Å². The molecule has 2 N–H and O–H groups in total. The fourth-order valence-corrected chi connectivity index (χ4v) is 5.19. The minimum atomic E-state index is -1.86. The molecule has 5 aromatic rings. The highest BCUT2D eigenvalue weighted by atomic mass is 28.4. The number of nitrogen functional groups attached to an aromatic ring is 1. The Kier molecular flexibility index (Phi) is 7.67. The number of nitrogens with two attached hydrogens (primary N) is 1. The summed E-state index contributed by atoms with van der Waals surface area (Å²) in [5.74, 6) is 1.81. The Hall–Kier alpha value is -4.08. The number of rotatable bonds is 8. The lowest BCUT2D eigenvalue weighted by atomic mass is 10.2. The van der Waals surface area contributed by atoms with Crippen LogP contribution in [-0.4, -0.2) is 38.9 Å². The maximum atomic E-state index is 6.45. The van der Waals surface area contributed by atoms with Gasteiger partial charge in [0, 0.05) is 11.9 Å². The van der Waals surface area contributed by atoms with Crippen molar-refractivity contribution >= 4 is 25.3 Å². The van der Waals surface area contributed by atoms with E-state index in [2.05, 4.69) is 68.1 Å². The second-order valence-corrected chi connectivity index (χ2v) is 16.8. The van der Waals surface area contributed by atoms with Crippen LogP contribution in [0.4, 0.5) is 5.82 Å². The molecule has 0 amide bonds. The van der Waals surface area contributed by atoms with Crippen molar-refractivity contribution in [2.24, 2.45) is 0 Å². The summed E-state index contributed by atoms with van der Waals surface area (Å²) in [7, 11) is -1.86. The van der Waals surface area contributed by atoms with Gasteiger partial charge < -0.3 is 14.9 Å². The average molecular weight is 567 g/mol. The first-order valence-electron chi connectivity index (χ1n) is 13.9. The lowest BCUT2D eigenvalue weighted by molar-refractivity contribution is 0.241. The molecule has 0 saturated heterocycles. The SMILES string of the molecule is CC(C)Oc1ccc(-c2ccc3nc(-c4cccnc4N)n(-c4ccc(CO[Si](C)(C)C(C)(C)C)cc4)c3n2)nc1. The van der Waals surface area contributed by atoms with Crippen molar-refractivity contribution in [1.29, 1.82) is 0 Å². The number of anilines is 1. The van der Waals surface area contributed by atoms with Crippen molar-refractivity contribution in [3.63, 3.8) is 0 Å². The summed E-state index contributed by atoms with van der Waals surface area (Å²) in [6.45, 7) is 15.9. The number of aromatic nitrogens is 5. The number of hydrogen-bond donors (Lipinski definition) is 1. The predicted octanol–water partition coefficient (Wildman–Crippen LogP) is 7.44. The Labute approximate surface area is 242 Å². The molecule has 41 heavy (non-hydrogen) atoms. The van der Waals surface area contributed by atoms with Gasteiger partial charge in [-0.2, -0.15) is 0 Å². The highest BCUT2D eigenvalue weighted by Gasteiger charge is 2.37. The third kappa shape index (κ3) is 6.01. The Morgan fingerprint density at radius 1 is 0.902 bits per heavy atom. The molecule has 0 spiro atoms. The Bertz CT molecular complexity index is 1660. The number of pyridine rings is 3. The number of imidazole rings is 1. The molecule has 4 heterocycles. The number of hydrogen-bond acceptors (Lipinski definition) is 7. The molecular formula is C32H38N6O2Si. The van der Waals surface area contributed by atoms with Crippen molar-refractivity contribution in [3.05, 3.63) is 78.6 Å². The second kappa shape index (κ2) is 11.1. The van der Waals surface area contributed by atoms with Crippen LogP contribution in [0, 0.1) is 0 Å². The zero-order valence-electron chi connectivity index (χ0n) is 24.8. The van der Waals surface area contributed by atoms with E-state index in [0.29, 0.717) is 23.9 Å². The van der Waals surface area contributed by atoms with Gasteiger partial charge in [-0.3, -0.25) is 9.55 Å². The first-order valence-corrected chi connectivity index (χ1v) is 16.8. The standard InChI is InChI=1S/C32H38N6O2Si/c1-21(2)40-24-14-15-26(35-19-24)27-16-17-28-31(36-27)38(30(37-28)25-9-8-18-34-29(25)33)23-12-10-22(11-13-23)20-39-41(6,7)32(3,4)5/h8-19,21H,20H2,1-7H3,(H2,33,34). The lowest BCUT2D eigenvalue weighted by Crippen LogP contribution is -2.40. The molecule has 212 valence electrons. The maximum absolute atomic E-state index is 6.45. The van der Waals surface area contributed by atoms with Gasteiger partial charge in [-0.1, -0.05) is 32.9 Å². The smallest absolute Gasteiger partial charge is 0.192 e. The van der Waals surface area contributed by atoms with Crippen LogP contribution in [0.2, 0.25) is 18.1 Å². The summed E-state index contributed by atoms with van der Waals surface area (Å²) in [5, 5.41) is 0.154. The molecule has 0 unspecified atom stereocenters. The Morgan fingerprint density at radius 3 is 2.27 bits per heavy atom. The number of nitrogens with zero attached hydrogens (tertiary/aromatic N) is 5. The molecule has 0 radical (unpaired) electrons. The topological polar surface area (TPSA) is 101 Å².